The maximum atomic E-state index is 14.4. The fourth-order valence-corrected chi connectivity index (χ4v) is 8.95. The van der Waals surface area contributed by atoms with Crippen molar-refractivity contribution in [2.24, 2.45) is 11.3 Å². The van der Waals surface area contributed by atoms with Gasteiger partial charge in [0.05, 0.1) is 5.56 Å². The number of oxazole rings is 2. The van der Waals surface area contributed by atoms with Gasteiger partial charge in [0.25, 0.3) is 5.89 Å². The third kappa shape index (κ3) is 5.91. The molecule has 4 atom stereocenters. The molecule has 1 spiro atoms. The van der Waals surface area contributed by atoms with Crippen molar-refractivity contribution in [2.45, 2.75) is 91.3 Å². The maximum Gasteiger partial charge on any atom is 0.250 e. The fourth-order valence-electron chi connectivity index (χ4n) is 8.45. The molecule has 8 rings (SSSR count). The van der Waals surface area contributed by atoms with Crippen LogP contribution < -0.4 is 16.0 Å². The van der Waals surface area contributed by atoms with Gasteiger partial charge < -0.3 is 29.8 Å². The summed E-state index contributed by atoms with van der Waals surface area (Å²) in [5.41, 5.74) is 4.98. The number of rotatable bonds is 7. The van der Waals surface area contributed by atoms with Gasteiger partial charge in [-0.1, -0.05) is 112 Å². The number of H-pyrrole nitrogens is 1. The Hall–Kier alpha value is -5.06. The van der Waals surface area contributed by atoms with Crippen molar-refractivity contribution in [1.29, 1.82) is 0 Å². The Bertz CT molecular complexity index is 2500. The lowest BCUT2D eigenvalue weighted by Crippen LogP contribution is -2.52. The number of carbonyl (C=O) groups is 2. The number of hydrogen-bond acceptors (Lipinski definition) is 7. The van der Waals surface area contributed by atoms with Gasteiger partial charge in [-0.05, 0) is 67.0 Å². The van der Waals surface area contributed by atoms with Gasteiger partial charge in [0.15, 0.2) is 22.4 Å². The summed E-state index contributed by atoms with van der Waals surface area (Å²) in [6.45, 7) is 14.1. The Labute approximate surface area is 336 Å². The Morgan fingerprint density at radius 2 is 1.73 bits per heavy atom. The van der Waals surface area contributed by atoms with E-state index in [4.69, 9.17) is 42.0 Å². The van der Waals surface area contributed by atoms with E-state index in [-0.39, 0.29) is 47.1 Å². The van der Waals surface area contributed by atoms with Gasteiger partial charge in [0.1, 0.15) is 22.7 Å². The molecule has 0 fully saturated rings. The van der Waals surface area contributed by atoms with Gasteiger partial charge in [-0.25, -0.2) is 4.98 Å². The number of anilines is 1. The van der Waals surface area contributed by atoms with Crippen LogP contribution in [0.2, 0.25) is 10.3 Å². The van der Waals surface area contributed by atoms with Crippen LogP contribution in [0.25, 0.3) is 33.8 Å². The molecule has 0 saturated carbocycles. The lowest BCUT2D eigenvalue weighted by atomic mass is 9.67. The zero-order chi connectivity index (χ0) is 39.7. The van der Waals surface area contributed by atoms with Crippen molar-refractivity contribution in [1.82, 2.24) is 25.6 Å². The second-order valence-electron chi connectivity index (χ2n) is 15.8. The number of aromatic amines is 1. The summed E-state index contributed by atoms with van der Waals surface area (Å²) in [4.78, 5) is 41.4. The van der Waals surface area contributed by atoms with Crippen molar-refractivity contribution < 1.29 is 18.4 Å². The van der Waals surface area contributed by atoms with E-state index in [9.17, 15) is 9.59 Å². The fraction of sp³-hybridized carbons (Fsp3) is 0.364. The minimum atomic E-state index is -0.955. The van der Waals surface area contributed by atoms with Gasteiger partial charge in [0.2, 0.25) is 17.7 Å². The molecule has 5 heterocycles. The smallest absolute Gasteiger partial charge is 0.250 e. The summed E-state index contributed by atoms with van der Waals surface area (Å²) in [6.07, 6.45) is 1.56. The lowest BCUT2D eigenvalue weighted by molar-refractivity contribution is -0.135. The van der Waals surface area contributed by atoms with Crippen LogP contribution >= 0.6 is 23.2 Å². The number of amides is 2. The molecule has 290 valence electrons. The van der Waals surface area contributed by atoms with E-state index in [0.717, 1.165) is 38.8 Å². The van der Waals surface area contributed by atoms with Crippen LogP contribution in [0.3, 0.4) is 0 Å². The summed E-state index contributed by atoms with van der Waals surface area (Å²) in [5, 5.41) is 11.4. The van der Waals surface area contributed by atoms with E-state index in [0.29, 0.717) is 40.8 Å². The molecule has 4 bridgehead atoms. The average Bonchev–Trinajstić information content (AvgIpc) is 3.94. The molecule has 4 N–H and O–H groups in total. The molecule has 2 unspecified atom stereocenters. The standard InChI is InChI=1S/C44H46Cl2N6O4/c1-8-43(7,9-2)42(54)49-31-21-25-19-18-23(5)28(20-25)44(24(6)47-30-17-13-11-15-27(30)44)36-34(51-40(56-36)33(22(3)4)50-39(31)53)41-52-38(46)35(55-41)32-26-14-10-12-16-29(26)48-37(32)45/h10-20,22,24,31,33,47-48H,8-9,21H2,1-7H3,(H,49,54)(H,50,53)/t24?,31-,33-,44?/m0/s1. The van der Waals surface area contributed by atoms with E-state index in [2.05, 4.69) is 59.0 Å². The van der Waals surface area contributed by atoms with Gasteiger partial charge in [0, 0.05) is 34.5 Å². The zero-order valence-electron chi connectivity index (χ0n) is 32.6. The molecule has 2 aliphatic rings. The Morgan fingerprint density at radius 1 is 1.00 bits per heavy atom. The molecule has 3 aromatic carbocycles. The number of halogens is 2. The molecular formula is C44H46Cl2N6O4. The van der Waals surface area contributed by atoms with Gasteiger partial charge in [-0.2, -0.15) is 4.98 Å². The van der Waals surface area contributed by atoms with Crippen LogP contribution in [0, 0.1) is 18.3 Å². The molecule has 0 radical (unpaired) electrons. The molecule has 56 heavy (non-hydrogen) atoms. The highest BCUT2D eigenvalue weighted by Crippen LogP contribution is 2.55. The second kappa shape index (κ2) is 14.2. The number of aromatic nitrogens is 3. The topological polar surface area (TPSA) is 138 Å². The maximum absolute atomic E-state index is 14.4. The van der Waals surface area contributed by atoms with Gasteiger partial charge >= 0.3 is 0 Å². The number of nitrogens with zero attached hydrogens (tertiary/aromatic N) is 2. The second-order valence-corrected chi connectivity index (χ2v) is 16.6. The average molecular weight is 794 g/mol. The first-order chi connectivity index (χ1) is 26.8. The largest absolute Gasteiger partial charge is 0.441 e. The quantitative estimate of drug-likeness (QED) is 0.126. The predicted octanol–water partition coefficient (Wildman–Crippen LogP) is 9.92. The van der Waals surface area contributed by atoms with Crippen LogP contribution in [0.4, 0.5) is 5.69 Å². The summed E-state index contributed by atoms with van der Waals surface area (Å²) in [5.74, 6) is 0.567. The molecule has 6 aromatic rings. The highest BCUT2D eigenvalue weighted by atomic mass is 35.5. The number of hydrogen-bond donors (Lipinski definition) is 4. The molecule has 2 aliphatic heterocycles. The number of fused-ring (bicyclic) bond motifs is 9. The van der Waals surface area contributed by atoms with Crippen molar-refractivity contribution in [3.05, 3.63) is 111 Å². The number of nitrogens with one attached hydrogen (secondary N) is 4. The van der Waals surface area contributed by atoms with E-state index in [1.807, 2.05) is 77.1 Å². The van der Waals surface area contributed by atoms with Crippen LogP contribution in [0.15, 0.2) is 75.6 Å². The van der Waals surface area contributed by atoms with Gasteiger partial charge in [-0.3, -0.25) is 9.59 Å². The SMILES string of the molecule is CCC(C)(CC)C(=O)N[C@H]1Cc2ccc(C)c(c2)C2(c3ccccc3NC2C)c2oc(nc2-c2nc(Cl)c(-c3c(Cl)[nH]c4ccccc34)o2)[C@H](C(C)C)NC1=O. The van der Waals surface area contributed by atoms with Crippen LogP contribution in [-0.2, 0) is 21.4 Å². The first-order valence-electron chi connectivity index (χ1n) is 19.3. The number of aryl methyl sites for hydroxylation is 1. The van der Waals surface area contributed by atoms with E-state index in [1.165, 1.54) is 0 Å². The first kappa shape index (κ1) is 37.8. The molecular weight excluding hydrogens is 747 g/mol. The van der Waals surface area contributed by atoms with Gasteiger partial charge in [-0.15, -0.1) is 0 Å². The number of para-hydroxylation sites is 2. The molecule has 0 aliphatic carbocycles. The van der Waals surface area contributed by atoms with Crippen LogP contribution in [0.5, 0.6) is 0 Å². The predicted molar refractivity (Wildman–Crippen MR) is 220 cm³/mol. The molecule has 2 amide bonds. The third-order valence-electron chi connectivity index (χ3n) is 12.2. The normalized spacial score (nSPS) is 20.8. The minimum Gasteiger partial charge on any atom is -0.441 e. The van der Waals surface area contributed by atoms with E-state index < -0.39 is 22.9 Å². The highest BCUT2D eigenvalue weighted by Gasteiger charge is 2.54. The molecule has 3 aromatic heterocycles. The molecule has 0 saturated heterocycles. The Kier molecular flexibility index (Phi) is 9.56. The van der Waals surface area contributed by atoms with Crippen LogP contribution in [-0.4, -0.2) is 38.8 Å². The summed E-state index contributed by atoms with van der Waals surface area (Å²) in [7, 11) is 0. The van der Waals surface area contributed by atoms with Crippen molar-refractivity contribution in [2.75, 3.05) is 5.32 Å². The van der Waals surface area contributed by atoms with Crippen molar-refractivity contribution in [3.63, 3.8) is 0 Å². The summed E-state index contributed by atoms with van der Waals surface area (Å²) in [6, 6.07) is 20.4. The zero-order valence-corrected chi connectivity index (χ0v) is 34.1. The first-order valence-corrected chi connectivity index (χ1v) is 20.1. The Balaban J connectivity index is 1.39. The molecule has 12 heteroatoms. The monoisotopic (exact) mass is 792 g/mol. The highest BCUT2D eigenvalue weighted by molar-refractivity contribution is 6.37. The Morgan fingerprint density at radius 3 is 2.48 bits per heavy atom. The number of benzene rings is 3. The number of carbonyl (C=O) groups excluding carboxylic acids is 2. The van der Waals surface area contributed by atoms with E-state index >= 15 is 0 Å². The third-order valence-corrected chi connectivity index (χ3v) is 12.7. The van der Waals surface area contributed by atoms with Crippen LogP contribution in [0.1, 0.15) is 94.3 Å². The minimum absolute atomic E-state index is 0.115. The molecule has 10 nitrogen and oxygen atoms in total. The van der Waals surface area contributed by atoms with Crippen molar-refractivity contribution in [3.8, 4) is 22.9 Å². The summed E-state index contributed by atoms with van der Waals surface area (Å²) >= 11 is 13.7. The lowest BCUT2D eigenvalue weighted by Gasteiger charge is -2.35. The van der Waals surface area contributed by atoms with Crippen molar-refractivity contribution >= 4 is 51.6 Å². The summed E-state index contributed by atoms with van der Waals surface area (Å²) < 4.78 is 13.7. The van der Waals surface area contributed by atoms with E-state index in [1.54, 1.807) is 0 Å².